The van der Waals surface area contributed by atoms with Crippen LogP contribution in [0.15, 0.2) is 30.5 Å². The number of urea groups is 1. The number of halogens is 1. The Morgan fingerprint density at radius 2 is 2.40 bits per heavy atom. The van der Waals surface area contributed by atoms with Crippen LogP contribution in [0.4, 0.5) is 19.3 Å². The van der Waals surface area contributed by atoms with Gasteiger partial charge in [-0.05, 0) is 29.0 Å². The van der Waals surface area contributed by atoms with Crippen molar-refractivity contribution in [2.75, 3.05) is 12.4 Å². The Kier molecular flexibility index (Phi) is 4.99. The SMILES string of the molecule is CO[NH2+]c1cnc(NC(=O)NCc2cccc(F)c2)s1. The molecule has 0 bridgehead atoms. The third-order valence-electron chi connectivity index (χ3n) is 2.32. The molecule has 0 spiro atoms. The topological polar surface area (TPSA) is 79.9 Å². The van der Waals surface area contributed by atoms with Crippen LogP contribution in [0.1, 0.15) is 5.56 Å². The Hall–Kier alpha value is -2.03. The van der Waals surface area contributed by atoms with Gasteiger partial charge in [0.1, 0.15) is 12.0 Å². The molecule has 2 amide bonds. The summed E-state index contributed by atoms with van der Waals surface area (Å²) in [5, 5.41) is 6.48. The van der Waals surface area contributed by atoms with E-state index in [0.29, 0.717) is 10.7 Å². The summed E-state index contributed by atoms with van der Waals surface area (Å²) < 4.78 is 13.0. The first-order valence-electron chi connectivity index (χ1n) is 5.78. The second-order valence-corrected chi connectivity index (χ2v) is 4.92. The standard InChI is InChI=1S/C12H13FN4O2S/c1-19-17-10-7-15-12(20-10)16-11(18)14-6-8-3-2-4-9(13)5-8/h2-5,7,17H,6H2,1H3,(H2,14,15,16,18)/p+1. The predicted octanol–water partition coefficient (Wildman–Crippen LogP) is 1.36. The van der Waals surface area contributed by atoms with Gasteiger partial charge in [-0.1, -0.05) is 12.1 Å². The summed E-state index contributed by atoms with van der Waals surface area (Å²) in [4.78, 5) is 20.5. The second kappa shape index (κ2) is 6.94. The van der Waals surface area contributed by atoms with Crippen molar-refractivity contribution in [1.82, 2.24) is 10.3 Å². The summed E-state index contributed by atoms with van der Waals surface area (Å²) in [6.45, 7) is 0.242. The predicted molar refractivity (Wildman–Crippen MR) is 73.0 cm³/mol. The number of carbonyl (C=O) groups excluding carboxylic acids is 1. The summed E-state index contributed by atoms with van der Waals surface area (Å²) in [5.74, 6) is -0.329. The van der Waals surface area contributed by atoms with Gasteiger partial charge < -0.3 is 5.32 Å². The van der Waals surface area contributed by atoms with Gasteiger partial charge in [0, 0.05) is 6.54 Å². The molecule has 8 heteroatoms. The molecule has 0 aliphatic rings. The maximum atomic E-state index is 13.0. The monoisotopic (exact) mass is 297 g/mol. The molecule has 0 aliphatic carbocycles. The first-order valence-corrected chi connectivity index (χ1v) is 6.60. The number of hydrogen-bond acceptors (Lipinski definition) is 4. The van der Waals surface area contributed by atoms with Gasteiger partial charge in [0.05, 0.1) is 7.11 Å². The van der Waals surface area contributed by atoms with E-state index >= 15 is 0 Å². The van der Waals surface area contributed by atoms with E-state index in [4.69, 9.17) is 4.84 Å². The number of benzene rings is 1. The lowest BCUT2D eigenvalue weighted by molar-refractivity contribution is -0.827. The van der Waals surface area contributed by atoms with Crippen molar-refractivity contribution >= 4 is 27.5 Å². The van der Waals surface area contributed by atoms with Crippen LogP contribution in [0, 0.1) is 5.82 Å². The molecular formula is C12H14FN4O2S+. The fraction of sp³-hybridized carbons (Fsp3) is 0.167. The van der Waals surface area contributed by atoms with E-state index in [1.807, 2.05) is 0 Å². The van der Waals surface area contributed by atoms with Crippen LogP contribution in [0.3, 0.4) is 0 Å². The molecule has 2 aromatic rings. The molecule has 2 rings (SSSR count). The van der Waals surface area contributed by atoms with Gasteiger partial charge >= 0.3 is 6.03 Å². The molecule has 1 heterocycles. The molecule has 20 heavy (non-hydrogen) atoms. The van der Waals surface area contributed by atoms with Crippen molar-refractivity contribution < 1.29 is 19.5 Å². The molecule has 106 valence electrons. The van der Waals surface area contributed by atoms with Crippen molar-refractivity contribution in [2.45, 2.75) is 6.54 Å². The molecule has 1 aromatic carbocycles. The number of quaternary nitrogens is 1. The number of anilines is 1. The molecule has 0 aliphatic heterocycles. The van der Waals surface area contributed by atoms with Crippen LogP contribution in [0.25, 0.3) is 0 Å². The van der Waals surface area contributed by atoms with Gasteiger partial charge in [0.2, 0.25) is 5.00 Å². The Morgan fingerprint density at radius 3 is 3.15 bits per heavy atom. The van der Waals surface area contributed by atoms with Crippen molar-refractivity contribution in [1.29, 1.82) is 0 Å². The molecule has 4 N–H and O–H groups in total. The number of nitrogens with two attached hydrogens (primary N) is 1. The van der Waals surface area contributed by atoms with Crippen molar-refractivity contribution in [3.63, 3.8) is 0 Å². The fourth-order valence-electron chi connectivity index (χ4n) is 1.49. The van der Waals surface area contributed by atoms with E-state index in [2.05, 4.69) is 15.6 Å². The number of rotatable bonds is 5. The zero-order valence-electron chi connectivity index (χ0n) is 10.7. The lowest BCUT2D eigenvalue weighted by atomic mass is 10.2. The smallest absolute Gasteiger partial charge is 0.321 e. The third-order valence-corrected chi connectivity index (χ3v) is 3.16. The molecule has 0 saturated carbocycles. The van der Waals surface area contributed by atoms with E-state index in [-0.39, 0.29) is 12.4 Å². The maximum absolute atomic E-state index is 13.0. The van der Waals surface area contributed by atoms with Gasteiger partial charge in [-0.25, -0.2) is 19.0 Å². The van der Waals surface area contributed by atoms with Crippen LogP contribution in [0.5, 0.6) is 0 Å². The Balaban J connectivity index is 1.82. The minimum absolute atomic E-state index is 0.242. The van der Waals surface area contributed by atoms with E-state index < -0.39 is 6.03 Å². The van der Waals surface area contributed by atoms with Crippen LogP contribution < -0.4 is 16.1 Å². The number of nitrogens with zero attached hydrogens (tertiary/aromatic N) is 1. The van der Waals surface area contributed by atoms with E-state index in [1.54, 1.807) is 25.4 Å². The Bertz CT molecular complexity index is 590. The van der Waals surface area contributed by atoms with E-state index in [9.17, 15) is 9.18 Å². The zero-order valence-corrected chi connectivity index (χ0v) is 11.5. The Labute approximate surface area is 118 Å². The average Bonchev–Trinajstić information content (AvgIpc) is 2.84. The highest BCUT2D eigenvalue weighted by Crippen LogP contribution is 2.18. The lowest BCUT2D eigenvalue weighted by Gasteiger charge is -2.05. The molecule has 0 atom stereocenters. The Morgan fingerprint density at radius 1 is 1.55 bits per heavy atom. The van der Waals surface area contributed by atoms with E-state index in [0.717, 1.165) is 5.00 Å². The van der Waals surface area contributed by atoms with Crippen LogP contribution >= 0.6 is 11.3 Å². The molecule has 0 fully saturated rings. The van der Waals surface area contributed by atoms with Crippen molar-refractivity contribution in [2.24, 2.45) is 0 Å². The summed E-state index contributed by atoms with van der Waals surface area (Å²) in [6, 6.07) is 5.66. The fourth-order valence-corrected chi connectivity index (χ4v) is 2.21. The highest BCUT2D eigenvalue weighted by molar-refractivity contribution is 7.18. The highest BCUT2D eigenvalue weighted by Gasteiger charge is 2.08. The number of aromatic nitrogens is 1. The molecular weight excluding hydrogens is 283 g/mol. The van der Waals surface area contributed by atoms with Crippen LogP contribution in [-0.4, -0.2) is 18.1 Å². The highest BCUT2D eigenvalue weighted by atomic mass is 32.1. The van der Waals surface area contributed by atoms with E-state index in [1.165, 1.54) is 28.9 Å². The normalized spacial score (nSPS) is 10.3. The number of thiazole rings is 1. The molecule has 0 radical (unpaired) electrons. The number of amides is 2. The summed E-state index contributed by atoms with van der Waals surface area (Å²) in [6.07, 6.45) is 1.59. The van der Waals surface area contributed by atoms with Gasteiger partial charge in [0.25, 0.3) is 0 Å². The molecule has 6 nitrogen and oxygen atoms in total. The van der Waals surface area contributed by atoms with Gasteiger partial charge in [-0.3, -0.25) is 5.32 Å². The number of hydrogen-bond donors (Lipinski definition) is 3. The molecule has 0 unspecified atom stereocenters. The minimum Gasteiger partial charge on any atom is -0.334 e. The minimum atomic E-state index is -0.396. The van der Waals surface area contributed by atoms with Gasteiger partial charge in [-0.15, -0.1) is 0 Å². The zero-order chi connectivity index (χ0) is 14.4. The maximum Gasteiger partial charge on any atom is 0.321 e. The summed E-state index contributed by atoms with van der Waals surface area (Å²) in [7, 11) is 1.54. The summed E-state index contributed by atoms with van der Waals surface area (Å²) in [5.41, 5.74) is 2.22. The first-order chi connectivity index (χ1) is 9.67. The third kappa shape index (κ3) is 4.26. The largest absolute Gasteiger partial charge is 0.334 e. The van der Waals surface area contributed by atoms with Gasteiger partial charge in [-0.2, -0.15) is 5.48 Å². The molecule has 0 saturated heterocycles. The number of nitrogens with one attached hydrogen (secondary N) is 2. The lowest BCUT2D eigenvalue weighted by Crippen LogP contribution is -2.75. The van der Waals surface area contributed by atoms with Crippen molar-refractivity contribution in [3.8, 4) is 0 Å². The molecule has 1 aromatic heterocycles. The second-order valence-electron chi connectivity index (χ2n) is 3.86. The average molecular weight is 297 g/mol. The summed E-state index contributed by atoms with van der Waals surface area (Å²) >= 11 is 1.29. The van der Waals surface area contributed by atoms with Gasteiger partial charge in [0.15, 0.2) is 5.13 Å². The quantitative estimate of drug-likeness (QED) is 0.729. The number of carbonyl (C=O) groups is 1. The van der Waals surface area contributed by atoms with Crippen molar-refractivity contribution in [3.05, 3.63) is 41.8 Å². The van der Waals surface area contributed by atoms with Crippen LogP contribution in [-0.2, 0) is 11.4 Å². The van der Waals surface area contributed by atoms with Crippen LogP contribution in [0.2, 0.25) is 0 Å². The first kappa shape index (κ1) is 14.4.